The van der Waals surface area contributed by atoms with Crippen LogP contribution in [0.3, 0.4) is 0 Å². The van der Waals surface area contributed by atoms with Gasteiger partial charge in [0.05, 0.1) is 5.52 Å². The first-order valence-corrected chi connectivity index (χ1v) is 5.59. The third kappa shape index (κ3) is 2.45. The summed E-state index contributed by atoms with van der Waals surface area (Å²) in [6.07, 6.45) is 4.37. The van der Waals surface area contributed by atoms with Gasteiger partial charge >= 0.3 is 0 Å². The van der Waals surface area contributed by atoms with Crippen molar-refractivity contribution >= 4 is 16.7 Å². The second kappa shape index (κ2) is 4.88. The van der Waals surface area contributed by atoms with Crippen LogP contribution in [0.2, 0.25) is 0 Å². The molecular weight excluding hydrogens is 198 g/mol. The first-order valence-electron chi connectivity index (χ1n) is 5.59. The molecule has 0 fully saturated rings. The van der Waals surface area contributed by atoms with E-state index in [1.165, 1.54) is 10.9 Å². The molecule has 0 aliphatic heterocycles. The van der Waals surface area contributed by atoms with Crippen LogP contribution in [0.4, 0.5) is 0 Å². The number of nitrogens with zero attached hydrogens (tertiary/aromatic N) is 1. The Morgan fingerprint density at radius 2 is 2.06 bits per heavy atom. The topological polar surface area (TPSA) is 30.0 Å². The number of aryl methyl sites for hydroxylation is 1. The Morgan fingerprint density at radius 1 is 1.25 bits per heavy atom. The van der Waals surface area contributed by atoms with E-state index in [1.807, 2.05) is 30.5 Å². The third-order valence-corrected chi connectivity index (χ3v) is 2.71. The summed E-state index contributed by atoms with van der Waals surface area (Å²) < 4.78 is 0. The molecule has 0 atom stereocenters. The molecule has 0 aliphatic rings. The number of hydrogen-bond donors (Lipinski definition) is 0. The predicted molar refractivity (Wildman–Crippen MR) is 65.4 cm³/mol. The molecule has 2 rings (SSSR count). The van der Waals surface area contributed by atoms with Crippen LogP contribution >= 0.6 is 0 Å². The van der Waals surface area contributed by atoms with Crippen LogP contribution in [-0.2, 0) is 11.2 Å². The van der Waals surface area contributed by atoms with Crippen molar-refractivity contribution < 1.29 is 4.79 Å². The Bertz CT molecular complexity index is 500. The van der Waals surface area contributed by atoms with E-state index in [0.29, 0.717) is 6.42 Å². The Kier molecular flexibility index (Phi) is 3.30. The molecule has 1 heterocycles. The van der Waals surface area contributed by atoms with Gasteiger partial charge in [0.25, 0.3) is 0 Å². The number of para-hydroxylation sites is 1. The lowest BCUT2D eigenvalue weighted by atomic mass is 10.0. The highest BCUT2D eigenvalue weighted by molar-refractivity contribution is 5.82. The lowest BCUT2D eigenvalue weighted by Gasteiger charge is -2.04. The molecule has 0 spiro atoms. The molecule has 0 bridgehead atoms. The van der Waals surface area contributed by atoms with Gasteiger partial charge in [-0.3, -0.25) is 4.98 Å². The monoisotopic (exact) mass is 213 g/mol. The summed E-state index contributed by atoms with van der Waals surface area (Å²) in [6.45, 7) is 1.64. The van der Waals surface area contributed by atoms with E-state index in [1.54, 1.807) is 6.92 Å². The summed E-state index contributed by atoms with van der Waals surface area (Å²) in [7, 11) is 0. The number of pyridine rings is 1. The van der Waals surface area contributed by atoms with E-state index < -0.39 is 0 Å². The van der Waals surface area contributed by atoms with Crippen molar-refractivity contribution in [2.24, 2.45) is 0 Å². The summed E-state index contributed by atoms with van der Waals surface area (Å²) in [5, 5.41) is 1.20. The van der Waals surface area contributed by atoms with Gasteiger partial charge in [0.1, 0.15) is 5.78 Å². The maximum absolute atomic E-state index is 10.9. The molecule has 1 aromatic heterocycles. The zero-order valence-corrected chi connectivity index (χ0v) is 9.44. The highest BCUT2D eigenvalue weighted by atomic mass is 16.1. The van der Waals surface area contributed by atoms with Crippen molar-refractivity contribution in [3.63, 3.8) is 0 Å². The number of carbonyl (C=O) groups is 1. The summed E-state index contributed by atoms with van der Waals surface area (Å²) in [5.41, 5.74) is 2.31. The van der Waals surface area contributed by atoms with Gasteiger partial charge in [0.2, 0.25) is 0 Å². The van der Waals surface area contributed by atoms with Gasteiger partial charge in [-0.15, -0.1) is 0 Å². The number of aromatic nitrogens is 1. The van der Waals surface area contributed by atoms with Crippen LogP contribution in [0.1, 0.15) is 25.3 Å². The number of fused-ring (bicyclic) bond motifs is 1. The van der Waals surface area contributed by atoms with Crippen molar-refractivity contribution in [1.29, 1.82) is 0 Å². The number of Topliss-reactive ketones (excluding diaryl/α,β-unsaturated/α-hetero) is 1. The minimum absolute atomic E-state index is 0.262. The van der Waals surface area contributed by atoms with Crippen molar-refractivity contribution in [1.82, 2.24) is 4.98 Å². The fourth-order valence-corrected chi connectivity index (χ4v) is 1.90. The fourth-order valence-electron chi connectivity index (χ4n) is 1.90. The van der Waals surface area contributed by atoms with Crippen molar-refractivity contribution in [3.05, 3.63) is 42.1 Å². The number of carbonyl (C=O) groups excluding carboxylic acids is 1. The lowest BCUT2D eigenvalue weighted by molar-refractivity contribution is -0.117. The van der Waals surface area contributed by atoms with Gasteiger partial charge in [-0.25, -0.2) is 0 Å². The molecular formula is C14H15NO. The van der Waals surface area contributed by atoms with Crippen LogP contribution in [0, 0.1) is 0 Å². The molecule has 0 amide bonds. The summed E-state index contributed by atoms with van der Waals surface area (Å²) in [6, 6.07) is 10.2. The number of hydrogen-bond acceptors (Lipinski definition) is 2. The molecule has 1 aromatic carbocycles. The zero-order chi connectivity index (χ0) is 11.4. The van der Waals surface area contributed by atoms with Gasteiger partial charge in [-0.1, -0.05) is 18.2 Å². The van der Waals surface area contributed by atoms with E-state index in [4.69, 9.17) is 0 Å². The quantitative estimate of drug-likeness (QED) is 0.781. The van der Waals surface area contributed by atoms with Crippen LogP contribution < -0.4 is 0 Å². The molecule has 0 aliphatic carbocycles. The predicted octanol–water partition coefficient (Wildman–Crippen LogP) is 3.15. The smallest absolute Gasteiger partial charge is 0.129 e. The van der Waals surface area contributed by atoms with Crippen LogP contribution in [0.5, 0.6) is 0 Å². The Labute approximate surface area is 95.3 Å². The number of ketones is 1. The standard InChI is InChI=1S/C14H15NO/c1-11(16)5-4-6-12-9-10-15-14-8-3-2-7-13(12)14/h2-3,7-10H,4-6H2,1H3. The highest BCUT2D eigenvalue weighted by Crippen LogP contribution is 2.17. The van der Waals surface area contributed by atoms with Crippen LogP contribution in [0.15, 0.2) is 36.5 Å². The Balaban J connectivity index is 2.20. The van der Waals surface area contributed by atoms with Crippen LogP contribution in [0.25, 0.3) is 10.9 Å². The molecule has 0 saturated heterocycles. The first-order chi connectivity index (χ1) is 7.77. The van der Waals surface area contributed by atoms with Gasteiger partial charge in [0, 0.05) is 18.0 Å². The average Bonchev–Trinajstić information content (AvgIpc) is 2.29. The van der Waals surface area contributed by atoms with Crippen molar-refractivity contribution in [2.45, 2.75) is 26.2 Å². The Morgan fingerprint density at radius 3 is 2.88 bits per heavy atom. The maximum Gasteiger partial charge on any atom is 0.129 e. The number of benzene rings is 1. The zero-order valence-electron chi connectivity index (χ0n) is 9.44. The summed E-state index contributed by atoms with van der Waals surface area (Å²) >= 11 is 0. The second-order valence-corrected chi connectivity index (χ2v) is 4.04. The molecule has 2 heteroatoms. The molecule has 0 saturated carbocycles. The van der Waals surface area contributed by atoms with E-state index in [0.717, 1.165) is 18.4 Å². The Hall–Kier alpha value is -1.70. The molecule has 2 aromatic rings. The number of rotatable bonds is 4. The van der Waals surface area contributed by atoms with E-state index in [2.05, 4.69) is 11.1 Å². The fraction of sp³-hybridized carbons (Fsp3) is 0.286. The molecule has 0 radical (unpaired) electrons. The average molecular weight is 213 g/mol. The van der Waals surface area contributed by atoms with Crippen molar-refractivity contribution in [3.8, 4) is 0 Å². The van der Waals surface area contributed by atoms with Gasteiger partial charge < -0.3 is 4.79 Å². The molecule has 16 heavy (non-hydrogen) atoms. The molecule has 0 unspecified atom stereocenters. The maximum atomic E-state index is 10.9. The van der Waals surface area contributed by atoms with E-state index in [9.17, 15) is 4.79 Å². The highest BCUT2D eigenvalue weighted by Gasteiger charge is 2.01. The normalized spacial score (nSPS) is 10.6. The summed E-state index contributed by atoms with van der Waals surface area (Å²) in [4.78, 5) is 15.2. The molecule has 2 nitrogen and oxygen atoms in total. The van der Waals surface area contributed by atoms with Gasteiger partial charge in [-0.05, 0) is 37.5 Å². The molecule has 82 valence electrons. The van der Waals surface area contributed by atoms with Crippen molar-refractivity contribution in [2.75, 3.05) is 0 Å². The third-order valence-electron chi connectivity index (χ3n) is 2.71. The minimum Gasteiger partial charge on any atom is -0.300 e. The van der Waals surface area contributed by atoms with E-state index >= 15 is 0 Å². The second-order valence-electron chi connectivity index (χ2n) is 4.04. The summed E-state index contributed by atoms with van der Waals surface area (Å²) in [5.74, 6) is 0.262. The van der Waals surface area contributed by atoms with Crippen LogP contribution in [-0.4, -0.2) is 10.8 Å². The minimum atomic E-state index is 0.262. The lowest BCUT2D eigenvalue weighted by Crippen LogP contribution is -1.94. The van der Waals surface area contributed by atoms with Gasteiger partial charge in [0.15, 0.2) is 0 Å². The van der Waals surface area contributed by atoms with Gasteiger partial charge in [-0.2, -0.15) is 0 Å². The largest absolute Gasteiger partial charge is 0.300 e. The first kappa shape index (κ1) is 10.8. The van der Waals surface area contributed by atoms with E-state index in [-0.39, 0.29) is 5.78 Å². The molecule has 0 N–H and O–H groups in total. The SMILES string of the molecule is CC(=O)CCCc1ccnc2ccccc12.